The van der Waals surface area contributed by atoms with E-state index in [4.69, 9.17) is 15.6 Å². The molecule has 9 nitrogen and oxygen atoms in total. The van der Waals surface area contributed by atoms with Crippen molar-refractivity contribution in [2.75, 3.05) is 12.3 Å². The van der Waals surface area contributed by atoms with Crippen molar-refractivity contribution in [3.05, 3.63) is 12.5 Å². The van der Waals surface area contributed by atoms with Crippen LogP contribution in [-0.2, 0) is 4.74 Å². The van der Waals surface area contributed by atoms with Crippen molar-refractivity contribution in [1.82, 2.24) is 19.7 Å². The molecule has 4 atom stereocenters. The van der Waals surface area contributed by atoms with Crippen molar-refractivity contribution in [2.45, 2.75) is 24.5 Å². The number of nitrogens with zero attached hydrogens (tertiary/aromatic N) is 4. The Hall–Kier alpha value is -1.81. The molecule has 1 aliphatic rings. The highest BCUT2D eigenvalue weighted by molar-refractivity contribution is 5.84. The van der Waals surface area contributed by atoms with E-state index < -0.39 is 31.1 Å². The zero-order valence-electron chi connectivity index (χ0n) is 9.79. The van der Waals surface area contributed by atoms with Gasteiger partial charge in [0.05, 0.1) is 18.2 Å². The number of ether oxygens (including phenoxy) is 1. The second kappa shape index (κ2) is 4.38. The van der Waals surface area contributed by atoms with Gasteiger partial charge in [0.25, 0.3) is 0 Å². The molecule has 0 radical (unpaired) electrons. The maximum Gasteiger partial charge on any atom is 0.181 e. The van der Waals surface area contributed by atoms with Gasteiger partial charge in [-0.25, -0.2) is 14.6 Å². The van der Waals surface area contributed by atoms with E-state index in [1.54, 1.807) is 0 Å². The quantitative estimate of drug-likeness (QED) is 0.491. The van der Waals surface area contributed by atoms with Crippen molar-refractivity contribution in [1.29, 1.82) is 0 Å². The van der Waals surface area contributed by atoms with E-state index in [0.717, 1.165) is 0 Å². The number of aliphatic hydroxyl groups is 3. The van der Waals surface area contributed by atoms with E-state index in [-0.39, 0.29) is 5.82 Å². The lowest BCUT2D eigenvalue weighted by atomic mass is 10.1. The van der Waals surface area contributed by atoms with Crippen molar-refractivity contribution < 1.29 is 20.1 Å². The first-order valence-corrected chi connectivity index (χ1v) is 5.69. The molecular weight excluding hydrogens is 254 g/mol. The minimum absolute atomic E-state index is 0.267. The van der Waals surface area contributed by atoms with Crippen LogP contribution in [0.3, 0.4) is 0 Å². The number of hydrogen-bond acceptors (Lipinski definition) is 8. The summed E-state index contributed by atoms with van der Waals surface area (Å²) in [6.45, 7) is -0.398. The summed E-state index contributed by atoms with van der Waals surface area (Å²) in [5, 5.41) is 33.3. The number of rotatable bonds is 2. The zero-order valence-corrected chi connectivity index (χ0v) is 9.79. The zero-order chi connectivity index (χ0) is 13.6. The van der Waals surface area contributed by atoms with Gasteiger partial charge in [-0.1, -0.05) is 0 Å². The number of hydrogen-bond donors (Lipinski definition) is 4. The van der Waals surface area contributed by atoms with Gasteiger partial charge in [-0.3, -0.25) is 0 Å². The number of aliphatic hydroxyl groups excluding tert-OH is 3. The molecule has 2 aromatic rings. The van der Waals surface area contributed by atoms with Gasteiger partial charge >= 0.3 is 0 Å². The van der Waals surface area contributed by atoms with Crippen LogP contribution in [0.25, 0.3) is 11.0 Å². The average molecular weight is 267 g/mol. The molecule has 102 valence electrons. The number of fused-ring (bicyclic) bond motifs is 1. The van der Waals surface area contributed by atoms with Gasteiger partial charge in [-0.05, 0) is 0 Å². The normalized spacial score (nSPS) is 31.1. The molecule has 1 aliphatic heterocycles. The molecule has 1 saturated heterocycles. The van der Waals surface area contributed by atoms with Crippen LogP contribution in [0.5, 0.6) is 0 Å². The lowest BCUT2D eigenvalue weighted by molar-refractivity contribution is -0.0566. The molecular formula is C10H13N5O4. The first-order chi connectivity index (χ1) is 9.13. The van der Waals surface area contributed by atoms with Crippen molar-refractivity contribution >= 4 is 16.9 Å². The van der Waals surface area contributed by atoms with Crippen molar-refractivity contribution in [3.8, 4) is 0 Å². The van der Waals surface area contributed by atoms with E-state index in [1.165, 1.54) is 17.2 Å². The Bertz CT molecular complexity index is 603. The Labute approximate surface area is 107 Å². The van der Waals surface area contributed by atoms with Gasteiger partial charge in [-0.2, -0.15) is 5.10 Å². The molecule has 0 saturated carbocycles. The smallest absolute Gasteiger partial charge is 0.181 e. The maximum absolute atomic E-state index is 9.94. The molecule has 3 rings (SSSR count). The fourth-order valence-corrected chi connectivity index (χ4v) is 2.15. The summed E-state index contributed by atoms with van der Waals surface area (Å²) >= 11 is 0. The molecule has 9 heteroatoms. The number of nitrogens with two attached hydrogens (primary N) is 1. The highest BCUT2D eigenvalue weighted by Crippen LogP contribution is 2.31. The summed E-state index contributed by atoms with van der Waals surface area (Å²) in [5.41, 5.74) is 6.08. The van der Waals surface area contributed by atoms with Gasteiger partial charge in [-0.15, -0.1) is 0 Å². The van der Waals surface area contributed by atoms with Crippen molar-refractivity contribution in [3.63, 3.8) is 0 Å². The fourth-order valence-electron chi connectivity index (χ4n) is 2.15. The number of aromatic nitrogens is 4. The van der Waals surface area contributed by atoms with Crippen LogP contribution < -0.4 is 5.73 Å². The standard InChI is InChI=1S/C10H13N5O4/c11-8-4-1-14-15(9(4)13-3-12-8)10-7(18)6(17)5(2-16)19-10/h1,3,5-7,10,16-18H,2H2,(H2,11,12,13)/t5-,6?,7+,10-/m0/s1. The van der Waals surface area contributed by atoms with Crippen LogP contribution in [0.4, 0.5) is 5.82 Å². The third-order valence-corrected chi connectivity index (χ3v) is 3.18. The van der Waals surface area contributed by atoms with Crippen LogP contribution in [-0.4, -0.2) is 60.0 Å². The highest BCUT2D eigenvalue weighted by atomic mass is 16.6. The summed E-state index contributed by atoms with van der Waals surface area (Å²) < 4.78 is 6.69. The Kier molecular flexibility index (Phi) is 2.82. The summed E-state index contributed by atoms with van der Waals surface area (Å²) in [6, 6.07) is 0. The minimum atomic E-state index is -1.21. The van der Waals surface area contributed by atoms with Gasteiger partial charge in [0.1, 0.15) is 30.5 Å². The van der Waals surface area contributed by atoms with E-state index in [2.05, 4.69) is 15.1 Å². The average Bonchev–Trinajstić information content (AvgIpc) is 2.94. The molecule has 1 fully saturated rings. The molecule has 0 aromatic carbocycles. The SMILES string of the molecule is Nc1ncnc2c1cnn2[C@H]1O[C@@H](CO)C(O)[C@H]1O. The second-order valence-corrected chi connectivity index (χ2v) is 4.31. The molecule has 1 unspecified atom stereocenters. The fraction of sp³-hybridized carbons (Fsp3) is 0.500. The van der Waals surface area contributed by atoms with Crippen LogP contribution in [0, 0.1) is 0 Å². The van der Waals surface area contributed by atoms with E-state index in [1.807, 2.05) is 0 Å². The Balaban J connectivity index is 2.04. The number of nitrogen functional groups attached to an aromatic ring is 1. The Morgan fingerprint density at radius 2 is 2.11 bits per heavy atom. The van der Waals surface area contributed by atoms with Crippen LogP contribution in [0.2, 0.25) is 0 Å². The molecule has 0 spiro atoms. The van der Waals surface area contributed by atoms with Crippen LogP contribution >= 0.6 is 0 Å². The van der Waals surface area contributed by atoms with Gasteiger partial charge < -0.3 is 25.8 Å². The summed E-state index contributed by atoms with van der Waals surface area (Å²) in [5.74, 6) is 0.267. The minimum Gasteiger partial charge on any atom is -0.394 e. The monoisotopic (exact) mass is 267 g/mol. The molecule has 0 bridgehead atoms. The van der Waals surface area contributed by atoms with E-state index >= 15 is 0 Å². The predicted molar refractivity (Wildman–Crippen MR) is 62.7 cm³/mol. The third-order valence-electron chi connectivity index (χ3n) is 3.18. The third kappa shape index (κ3) is 1.75. The summed E-state index contributed by atoms with van der Waals surface area (Å²) in [4.78, 5) is 7.86. The Morgan fingerprint density at radius 1 is 1.32 bits per heavy atom. The van der Waals surface area contributed by atoms with E-state index in [0.29, 0.717) is 11.0 Å². The molecule has 5 N–H and O–H groups in total. The molecule has 0 amide bonds. The first kappa shape index (κ1) is 12.2. The predicted octanol–water partition coefficient (Wildman–Crippen LogP) is -1.98. The van der Waals surface area contributed by atoms with Crippen LogP contribution in [0.1, 0.15) is 6.23 Å². The van der Waals surface area contributed by atoms with Gasteiger partial charge in [0.2, 0.25) is 0 Å². The molecule has 19 heavy (non-hydrogen) atoms. The topological polar surface area (TPSA) is 140 Å². The molecule has 3 heterocycles. The summed E-state index contributed by atoms with van der Waals surface area (Å²) in [7, 11) is 0. The van der Waals surface area contributed by atoms with Crippen molar-refractivity contribution in [2.24, 2.45) is 0 Å². The molecule has 0 aliphatic carbocycles. The number of anilines is 1. The van der Waals surface area contributed by atoms with Gasteiger partial charge in [0.15, 0.2) is 11.9 Å². The first-order valence-electron chi connectivity index (χ1n) is 5.69. The lowest BCUT2D eigenvalue weighted by Gasteiger charge is -2.15. The van der Waals surface area contributed by atoms with Crippen LogP contribution in [0.15, 0.2) is 12.5 Å². The van der Waals surface area contributed by atoms with E-state index in [9.17, 15) is 10.2 Å². The lowest BCUT2D eigenvalue weighted by Crippen LogP contribution is -2.33. The summed E-state index contributed by atoms with van der Waals surface area (Å²) in [6.07, 6.45) is -1.46. The maximum atomic E-state index is 9.94. The molecule has 2 aromatic heterocycles. The Morgan fingerprint density at radius 3 is 2.79 bits per heavy atom. The highest BCUT2D eigenvalue weighted by Gasteiger charge is 2.44. The second-order valence-electron chi connectivity index (χ2n) is 4.31. The largest absolute Gasteiger partial charge is 0.394 e. The van der Waals surface area contributed by atoms with Gasteiger partial charge in [0, 0.05) is 0 Å².